The van der Waals surface area contributed by atoms with E-state index in [0.29, 0.717) is 0 Å². The van der Waals surface area contributed by atoms with Crippen LogP contribution in [0.25, 0.3) is 0 Å². The van der Waals surface area contributed by atoms with Gasteiger partial charge in [-0.2, -0.15) is 0 Å². The molecule has 0 radical (unpaired) electrons. The Hall–Kier alpha value is -0.300. The third kappa shape index (κ3) is 3.35. The minimum absolute atomic E-state index is 0.787. The molecule has 2 atom stereocenters. The summed E-state index contributed by atoms with van der Waals surface area (Å²) < 4.78 is 0. The summed E-state index contributed by atoms with van der Waals surface area (Å²) in [7, 11) is 0. The van der Waals surface area contributed by atoms with Crippen LogP contribution in [-0.2, 0) is 0 Å². The molecule has 1 heteroatoms. The maximum absolute atomic E-state index is 3.94. The molecule has 0 aromatic rings. The highest BCUT2D eigenvalue weighted by atomic mass is 15.0. The fourth-order valence-corrected chi connectivity index (χ4v) is 3.50. The maximum atomic E-state index is 3.94. The van der Waals surface area contributed by atoms with Gasteiger partial charge in [-0.25, -0.2) is 0 Å². The lowest BCUT2D eigenvalue weighted by Gasteiger charge is -2.36. The molecule has 0 aromatic carbocycles. The molecule has 16 heavy (non-hydrogen) atoms. The standard InChI is InChI=1S/C15H27N/c1-2-8-13-9-6-7-12-15(13)16-14-10-4-3-5-11-14/h2,13-16H,1,3-12H2/t13-,15+/m0/s1. The summed E-state index contributed by atoms with van der Waals surface area (Å²) >= 11 is 0. The van der Waals surface area contributed by atoms with E-state index >= 15 is 0 Å². The van der Waals surface area contributed by atoms with Crippen molar-refractivity contribution in [3.05, 3.63) is 12.7 Å². The van der Waals surface area contributed by atoms with Gasteiger partial charge in [0.1, 0.15) is 0 Å². The fraction of sp³-hybridized carbons (Fsp3) is 0.867. The fourth-order valence-electron chi connectivity index (χ4n) is 3.50. The molecule has 2 fully saturated rings. The monoisotopic (exact) mass is 221 g/mol. The van der Waals surface area contributed by atoms with Gasteiger partial charge in [-0.3, -0.25) is 0 Å². The first-order chi connectivity index (χ1) is 7.90. The first-order valence-electron chi connectivity index (χ1n) is 7.27. The molecule has 0 aromatic heterocycles. The molecular weight excluding hydrogens is 194 g/mol. The number of allylic oxidation sites excluding steroid dienone is 1. The summed E-state index contributed by atoms with van der Waals surface area (Å²) in [6.07, 6.45) is 16.2. The van der Waals surface area contributed by atoms with Gasteiger partial charge in [0.2, 0.25) is 0 Å². The highest BCUT2D eigenvalue weighted by Crippen LogP contribution is 2.29. The minimum Gasteiger partial charge on any atom is -0.311 e. The van der Waals surface area contributed by atoms with Crippen molar-refractivity contribution in [2.24, 2.45) is 5.92 Å². The summed E-state index contributed by atoms with van der Waals surface area (Å²) in [5.74, 6) is 0.869. The van der Waals surface area contributed by atoms with Crippen LogP contribution in [0.15, 0.2) is 12.7 Å². The summed E-state index contributed by atoms with van der Waals surface area (Å²) in [4.78, 5) is 0. The molecule has 0 aliphatic heterocycles. The minimum atomic E-state index is 0.787. The zero-order valence-electron chi connectivity index (χ0n) is 10.6. The highest BCUT2D eigenvalue weighted by Gasteiger charge is 2.26. The lowest BCUT2D eigenvalue weighted by molar-refractivity contribution is 0.223. The van der Waals surface area contributed by atoms with Crippen LogP contribution in [0, 0.1) is 5.92 Å². The van der Waals surface area contributed by atoms with Crippen LogP contribution in [0.5, 0.6) is 0 Å². The molecule has 0 amide bonds. The third-order valence-electron chi connectivity index (χ3n) is 4.43. The largest absolute Gasteiger partial charge is 0.311 e. The zero-order chi connectivity index (χ0) is 11.2. The van der Waals surface area contributed by atoms with Crippen LogP contribution in [0.4, 0.5) is 0 Å². The summed E-state index contributed by atoms with van der Waals surface area (Å²) in [5.41, 5.74) is 0. The Labute approximate surface area is 101 Å². The highest BCUT2D eigenvalue weighted by molar-refractivity contribution is 4.88. The van der Waals surface area contributed by atoms with Gasteiger partial charge in [0, 0.05) is 12.1 Å². The second kappa shape index (κ2) is 6.44. The van der Waals surface area contributed by atoms with E-state index in [2.05, 4.69) is 18.0 Å². The molecule has 92 valence electrons. The van der Waals surface area contributed by atoms with Crippen LogP contribution in [0.2, 0.25) is 0 Å². The molecule has 0 bridgehead atoms. The molecule has 2 aliphatic rings. The van der Waals surface area contributed by atoms with Crippen LogP contribution < -0.4 is 5.32 Å². The lowest BCUT2D eigenvalue weighted by atomic mass is 9.81. The molecule has 2 aliphatic carbocycles. The van der Waals surface area contributed by atoms with E-state index in [1.54, 1.807) is 0 Å². The first-order valence-corrected chi connectivity index (χ1v) is 7.27. The van der Waals surface area contributed by atoms with E-state index in [4.69, 9.17) is 0 Å². The Morgan fingerprint density at radius 2 is 1.62 bits per heavy atom. The number of hydrogen-bond acceptors (Lipinski definition) is 1. The smallest absolute Gasteiger partial charge is 0.0101 e. The van der Waals surface area contributed by atoms with Crippen LogP contribution >= 0.6 is 0 Å². The Kier molecular flexibility index (Phi) is 4.90. The van der Waals surface area contributed by atoms with E-state index in [9.17, 15) is 0 Å². The number of hydrogen-bond donors (Lipinski definition) is 1. The van der Waals surface area contributed by atoms with Crippen molar-refractivity contribution in [2.45, 2.75) is 76.3 Å². The molecule has 0 spiro atoms. The van der Waals surface area contributed by atoms with Gasteiger partial charge in [0.25, 0.3) is 0 Å². The normalized spacial score (nSPS) is 32.5. The predicted molar refractivity (Wildman–Crippen MR) is 70.6 cm³/mol. The van der Waals surface area contributed by atoms with Crippen LogP contribution in [0.1, 0.15) is 64.2 Å². The van der Waals surface area contributed by atoms with Crippen molar-refractivity contribution >= 4 is 0 Å². The van der Waals surface area contributed by atoms with E-state index in [-0.39, 0.29) is 0 Å². The molecule has 2 saturated carbocycles. The Bertz CT molecular complexity index is 205. The average molecular weight is 221 g/mol. The summed E-state index contributed by atoms with van der Waals surface area (Å²) in [5, 5.41) is 3.94. The van der Waals surface area contributed by atoms with E-state index < -0.39 is 0 Å². The van der Waals surface area contributed by atoms with Crippen molar-refractivity contribution in [1.29, 1.82) is 0 Å². The van der Waals surface area contributed by atoms with E-state index in [1.807, 2.05) is 0 Å². The van der Waals surface area contributed by atoms with Gasteiger partial charge >= 0.3 is 0 Å². The summed E-state index contributed by atoms with van der Waals surface area (Å²) in [6.45, 7) is 3.91. The average Bonchev–Trinajstić information content (AvgIpc) is 2.33. The quantitative estimate of drug-likeness (QED) is 0.706. The third-order valence-corrected chi connectivity index (χ3v) is 4.43. The SMILES string of the molecule is C=CC[C@H]1CCCC[C@H]1NC1CCCCC1. The Morgan fingerprint density at radius 3 is 2.38 bits per heavy atom. The molecule has 1 N–H and O–H groups in total. The van der Waals surface area contributed by atoms with Gasteiger partial charge in [-0.05, 0) is 38.0 Å². The molecule has 0 saturated heterocycles. The van der Waals surface area contributed by atoms with Crippen LogP contribution in [0.3, 0.4) is 0 Å². The van der Waals surface area contributed by atoms with Gasteiger partial charge < -0.3 is 5.32 Å². The Balaban J connectivity index is 1.82. The first kappa shape index (κ1) is 12.2. The van der Waals surface area contributed by atoms with Gasteiger partial charge in [0.05, 0.1) is 0 Å². The molecule has 1 nitrogen and oxygen atoms in total. The molecule has 0 heterocycles. The number of nitrogens with one attached hydrogen (secondary N) is 1. The Morgan fingerprint density at radius 1 is 0.938 bits per heavy atom. The zero-order valence-corrected chi connectivity index (χ0v) is 10.6. The van der Waals surface area contributed by atoms with E-state index in [0.717, 1.165) is 18.0 Å². The van der Waals surface area contributed by atoms with Crippen LogP contribution in [-0.4, -0.2) is 12.1 Å². The maximum Gasteiger partial charge on any atom is 0.0101 e. The van der Waals surface area contributed by atoms with Crippen molar-refractivity contribution in [3.63, 3.8) is 0 Å². The van der Waals surface area contributed by atoms with Crippen molar-refractivity contribution < 1.29 is 0 Å². The summed E-state index contributed by atoms with van der Waals surface area (Å²) in [6, 6.07) is 1.61. The van der Waals surface area contributed by atoms with Gasteiger partial charge in [-0.15, -0.1) is 6.58 Å². The second-order valence-corrected chi connectivity index (χ2v) is 5.68. The molecular formula is C15H27N. The van der Waals surface area contributed by atoms with E-state index in [1.165, 1.54) is 64.2 Å². The van der Waals surface area contributed by atoms with Gasteiger partial charge in [-0.1, -0.05) is 38.2 Å². The van der Waals surface area contributed by atoms with Crippen molar-refractivity contribution in [2.75, 3.05) is 0 Å². The lowest BCUT2D eigenvalue weighted by Crippen LogP contribution is -2.45. The molecule has 0 unspecified atom stereocenters. The van der Waals surface area contributed by atoms with Crippen molar-refractivity contribution in [3.8, 4) is 0 Å². The number of rotatable bonds is 4. The second-order valence-electron chi connectivity index (χ2n) is 5.68. The van der Waals surface area contributed by atoms with Gasteiger partial charge in [0.15, 0.2) is 0 Å². The predicted octanol–water partition coefficient (Wildman–Crippen LogP) is 4.04. The van der Waals surface area contributed by atoms with Crippen molar-refractivity contribution in [1.82, 2.24) is 5.32 Å². The molecule has 2 rings (SSSR count). The topological polar surface area (TPSA) is 12.0 Å².